The minimum Gasteiger partial charge on any atom is -0.394 e. The Morgan fingerprint density at radius 2 is 2.00 bits per heavy atom. The van der Waals surface area contributed by atoms with E-state index in [1.54, 1.807) is 0 Å². The number of fused-ring (bicyclic) bond motifs is 2. The Bertz CT molecular complexity index is 1770. The Kier molecular flexibility index (Phi) is 7.90. The van der Waals surface area contributed by atoms with E-state index in [-0.39, 0.29) is 53.4 Å². The van der Waals surface area contributed by atoms with Crippen molar-refractivity contribution in [1.82, 2.24) is 34.1 Å². The number of aromatic nitrogens is 7. The van der Waals surface area contributed by atoms with Gasteiger partial charge in [0.1, 0.15) is 30.6 Å². The number of nitrogen functional groups attached to an aromatic ring is 2. The van der Waals surface area contributed by atoms with Crippen LogP contribution >= 0.6 is 6.72 Å². The molecule has 2 saturated heterocycles. The van der Waals surface area contributed by atoms with E-state index in [1.807, 2.05) is 0 Å². The van der Waals surface area contributed by atoms with Crippen molar-refractivity contribution in [3.63, 3.8) is 0 Å². The highest BCUT2D eigenvalue weighted by Gasteiger charge is 2.49. The lowest BCUT2D eigenvalue weighted by Gasteiger charge is -2.25. The van der Waals surface area contributed by atoms with Crippen molar-refractivity contribution in [2.45, 2.75) is 55.9 Å². The van der Waals surface area contributed by atoms with E-state index in [1.165, 1.54) is 15.5 Å². The molecule has 232 valence electrons. The van der Waals surface area contributed by atoms with E-state index in [2.05, 4.69) is 24.9 Å². The van der Waals surface area contributed by atoms with Crippen LogP contribution in [-0.2, 0) is 30.3 Å². The van der Waals surface area contributed by atoms with Crippen molar-refractivity contribution < 1.29 is 42.4 Å². The number of hydrogen-bond acceptors (Lipinski definition) is 14. The third kappa shape index (κ3) is 5.49. The molecule has 2 aliphatic rings. The van der Waals surface area contributed by atoms with Gasteiger partial charge >= 0.3 is 6.72 Å². The zero-order valence-corrected chi connectivity index (χ0v) is 23.6. The summed E-state index contributed by atoms with van der Waals surface area (Å²) in [6, 6.07) is 0. The number of rotatable bonds is 9. The second-order valence-corrected chi connectivity index (χ2v) is 12.7. The summed E-state index contributed by atoms with van der Waals surface area (Å²) in [6.07, 6.45) is -5.26. The van der Waals surface area contributed by atoms with Crippen molar-refractivity contribution in [2.75, 3.05) is 24.7 Å². The Hall–Kier alpha value is -3.20. The molecule has 1 unspecified atom stereocenters. The van der Waals surface area contributed by atoms with Gasteiger partial charge in [-0.1, -0.05) is 0 Å². The molecule has 8 N–H and O–H groups in total. The van der Waals surface area contributed by atoms with Crippen molar-refractivity contribution >= 4 is 52.5 Å². The van der Waals surface area contributed by atoms with Crippen molar-refractivity contribution in [1.29, 1.82) is 0 Å². The van der Waals surface area contributed by atoms with Gasteiger partial charge in [-0.05, 0) is 11.8 Å². The molecule has 8 atom stereocenters. The monoisotopic (exact) mass is 645 g/mol. The maximum absolute atomic E-state index is 15.3. The first-order valence-electron chi connectivity index (χ1n) is 12.9. The SMILES string of the molecule is Nc1nc2c(ncn2[C@@H]2O[C@H](CO)[C@@H](F)[C@H]2OP(O)(=S)OCC[C@H]2O[C@@H](n3cc(F)c4c(N)ncnc43)C[C@@H]2O)c(=O)[nH]1. The number of alkyl halides is 1. The van der Waals surface area contributed by atoms with E-state index in [0.29, 0.717) is 0 Å². The number of imidazole rings is 1. The number of H-pyrrole nitrogens is 1. The fourth-order valence-corrected chi connectivity index (χ4v) is 6.65. The molecule has 0 amide bonds. The third-order valence-corrected chi connectivity index (χ3v) is 8.78. The van der Waals surface area contributed by atoms with Crippen molar-refractivity contribution in [2.24, 2.45) is 0 Å². The molecule has 0 saturated carbocycles. The lowest BCUT2D eigenvalue weighted by atomic mass is 10.1. The number of ether oxygens (including phenoxy) is 2. The lowest BCUT2D eigenvalue weighted by Crippen LogP contribution is -2.32. The summed E-state index contributed by atoms with van der Waals surface area (Å²) in [7, 11) is 0. The molecule has 43 heavy (non-hydrogen) atoms. The first-order valence-corrected chi connectivity index (χ1v) is 15.4. The fraction of sp³-hybridized carbons (Fsp3) is 0.500. The van der Waals surface area contributed by atoms with Gasteiger partial charge in [0.2, 0.25) is 5.95 Å². The summed E-state index contributed by atoms with van der Waals surface area (Å²) >= 11 is 5.11. The highest BCUT2D eigenvalue weighted by molar-refractivity contribution is 8.07. The standard InChI is InChI=1S/C22H26F2N9O8PS/c23-8-4-32(18-13(8)17(25)27-6-28-18)12-3-9(35)10(39-12)1-2-38-42(37,43)41-16-14(24)11(5-34)40-21(16)33-7-29-15-19(33)30-22(26)31-20(15)36/h4,6-7,9-12,14,16,21,34-35H,1-3,5H2,(H,37,43)(H2,25,27,28)(H3,26,30,31,36)/t9-,10+,11+,12+,14+,16+,21+,42?/m0/s1. The smallest absolute Gasteiger partial charge is 0.325 e. The van der Waals surface area contributed by atoms with Gasteiger partial charge in [-0.25, -0.2) is 23.7 Å². The van der Waals surface area contributed by atoms with Gasteiger partial charge in [-0.15, -0.1) is 0 Å². The fourth-order valence-electron chi connectivity index (χ4n) is 5.20. The lowest BCUT2D eigenvalue weighted by molar-refractivity contribution is -0.0487. The van der Waals surface area contributed by atoms with Crippen molar-refractivity contribution in [3.8, 4) is 0 Å². The number of hydrogen-bond donors (Lipinski definition) is 6. The van der Waals surface area contributed by atoms with Crippen LogP contribution in [0.1, 0.15) is 25.3 Å². The van der Waals surface area contributed by atoms with Gasteiger partial charge in [0.25, 0.3) is 5.56 Å². The number of aliphatic hydroxyl groups excluding tert-OH is 2. The van der Waals surface area contributed by atoms with Crippen LogP contribution < -0.4 is 17.0 Å². The second-order valence-electron chi connectivity index (χ2n) is 9.90. The van der Waals surface area contributed by atoms with E-state index < -0.39 is 67.7 Å². The number of anilines is 2. The predicted molar refractivity (Wildman–Crippen MR) is 147 cm³/mol. The van der Waals surface area contributed by atoms with Gasteiger partial charge in [0.05, 0.1) is 37.1 Å². The topological polar surface area (TPSA) is 244 Å². The molecule has 0 aromatic carbocycles. The van der Waals surface area contributed by atoms with E-state index >= 15 is 4.39 Å². The van der Waals surface area contributed by atoms with Gasteiger partial charge in [0.15, 0.2) is 35.0 Å². The molecule has 2 fully saturated rings. The Balaban J connectivity index is 1.13. The molecule has 0 bridgehead atoms. The number of halogens is 2. The molecule has 4 aromatic rings. The molecule has 6 rings (SSSR count). The van der Waals surface area contributed by atoms with Gasteiger partial charge < -0.3 is 45.1 Å². The average molecular weight is 646 g/mol. The minimum atomic E-state index is -4.16. The molecule has 6 heterocycles. The molecule has 0 spiro atoms. The first-order chi connectivity index (χ1) is 20.5. The largest absolute Gasteiger partial charge is 0.394 e. The number of nitrogens with one attached hydrogen (secondary N) is 1. The maximum atomic E-state index is 15.3. The molecule has 0 aliphatic carbocycles. The van der Waals surface area contributed by atoms with Crippen molar-refractivity contribution in [3.05, 3.63) is 35.0 Å². The summed E-state index contributed by atoms with van der Waals surface area (Å²) in [6.45, 7) is -5.15. The van der Waals surface area contributed by atoms with E-state index in [4.69, 9.17) is 41.8 Å². The van der Waals surface area contributed by atoms with Crippen LogP contribution in [0.4, 0.5) is 20.5 Å². The molecule has 21 heteroatoms. The van der Waals surface area contributed by atoms with E-state index in [0.717, 1.165) is 12.5 Å². The molecular formula is C22H26F2N9O8PS. The van der Waals surface area contributed by atoms with E-state index in [9.17, 15) is 24.3 Å². The number of aliphatic hydroxyl groups is 2. The normalized spacial score (nSPS) is 29.1. The zero-order valence-electron chi connectivity index (χ0n) is 21.9. The number of aromatic amines is 1. The van der Waals surface area contributed by atoms with Crippen LogP contribution in [0.5, 0.6) is 0 Å². The number of nitrogens with zero attached hydrogens (tertiary/aromatic N) is 6. The van der Waals surface area contributed by atoms with Gasteiger partial charge in [0, 0.05) is 19.0 Å². The Labute approximate surface area is 244 Å². The maximum Gasteiger partial charge on any atom is 0.325 e. The summed E-state index contributed by atoms with van der Waals surface area (Å²) < 4.78 is 54.8. The van der Waals surface area contributed by atoms with Crippen LogP contribution in [0.15, 0.2) is 23.6 Å². The highest BCUT2D eigenvalue weighted by Crippen LogP contribution is 2.50. The second kappa shape index (κ2) is 11.4. The highest BCUT2D eigenvalue weighted by atomic mass is 32.5. The molecule has 17 nitrogen and oxygen atoms in total. The van der Waals surface area contributed by atoms with Gasteiger partial charge in [-0.3, -0.25) is 18.9 Å². The Morgan fingerprint density at radius 3 is 2.77 bits per heavy atom. The summed E-state index contributed by atoms with van der Waals surface area (Å²) in [5.41, 5.74) is 10.8. The van der Waals surface area contributed by atoms with Crippen LogP contribution in [-0.4, -0.2) is 93.0 Å². The summed E-state index contributed by atoms with van der Waals surface area (Å²) in [5, 5.41) is 20.2. The molecule has 4 aromatic heterocycles. The van der Waals surface area contributed by atoms with Crippen LogP contribution in [0.25, 0.3) is 22.2 Å². The minimum absolute atomic E-state index is 0.0276. The van der Waals surface area contributed by atoms with Crippen LogP contribution in [0.3, 0.4) is 0 Å². The average Bonchev–Trinajstić information content (AvgIpc) is 3.69. The Morgan fingerprint density at radius 1 is 1.21 bits per heavy atom. The first kappa shape index (κ1) is 29.9. The van der Waals surface area contributed by atoms with Crippen LogP contribution in [0.2, 0.25) is 0 Å². The molecular weight excluding hydrogens is 619 g/mol. The molecule has 2 aliphatic heterocycles. The van der Waals surface area contributed by atoms with Gasteiger partial charge in [-0.2, -0.15) is 4.98 Å². The third-order valence-electron chi connectivity index (χ3n) is 7.19. The molecule has 0 radical (unpaired) electrons. The van der Waals surface area contributed by atoms with Crippen LogP contribution in [0, 0.1) is 5.82 Å². The zero-order chi connectivity index (χ0) is 30.6. The number of nitrogens with two attached hydrogens (primary N) is 2. The summed E-state index contributed by atoms with van der Waals surface area (Å²) in [4.78, 5) is 41.1. The quantitative estimate of drug-likeness (QED) is 0.129. The predicted octanol–water partition coefficient (Wildman–Crippen LogP) is -0.247. The summed E-state index contributed by atoms with van der Waals surface area (Å²) in [5.74, 6) is -0.911.